The van der Waals surface area contributed by atoms with E-state index in [0.29, 0.717) is 0 Å². The minimum atomic E-state index is -0.156. The van der Waals surface area contributed by atoms with Crippen LogP contribution in [-0.2, 0) is 11.2 Å². The highest BCUT2D eigenvalue weighted by molar-refractivity contribution is 9.10. The highest BCUT2D eigenvalue weighted by atomic mass is 79.9. The number of nitrogens with one attached hydrogen (secondary N) is 2. The van der Waals surface area contributed by atoms with Crippen molar-refractivity contribution in [2.24, 2.45) is 0 Å². The summed E-state index contributed by atoms with van der Waals surface area (Å²) in [4.78, 5) is 11.8. The van der Waals surface area contributed by atoms with Gasteiger partial charge in [-0.25, -0.2) is 0 Å². The van der Waals surface area contributed by atoms with Crippen LogP contribution in [-0.4, -0.2) is 24.5 Å². The molecule has 0 aliphatic heterocycles. The SMILES string of the molecule is CCCNC(=O)C(C)NC(C)Cc1ccc(Br)cc1. The summed E-state index contributed by atoms with van der Waals surface area (Å²) in [7, 11) is 0. The molecular formula is C15H23BrN2O. The van der Waals surface area contributed by atoms with Crippen molar-refractivity contribution < 1.29 is 4.79 Å². The van der Waals surface area contributed by atoms with E-state index in [4.69, 9.17) is 0 Å². The molecule has 4 heteroatoms. The molecule has 2 N–H and O–H groups in total. The highest BCUT2D eigenvalue weighted by Gasteiger charge is 2.14. The molecular weight excluding hydrogens is 304 g/mol. The zero-order chi connectivity index (χ0) is 14.3. The molecule has 0 aliphatic rings. The Kier molecular flexibility index (Phi) is 7.10. The summed E-state index contributed by atoms with van der Waals surface area (Å²) in [5.74, 6) is 0.0736. The van der Waals surface area contributed by atoms with Gasteiger partial charge in [-0.1, -0.05) is 35.0 Å². The number of hydrogen-bond donors (Lipinski definition) is 2. The van der Waals surface area contributed by atoms with Crippen LogP contribution in [0.5, 0.6) is 0 Å². The van der Waals surface area contributed by atoms with Gasteiger partial charge in [0.2, 0.25) is 5.91 Å². The third kappa shape index (κ3) is 6.21. The molecule has 0 saturated heterocycles. The lowest BCUT2D eigenvalue weighted by atomic mass is 10.1. The van der Waals surface area contributed by atoms with Crippen LogP contribution in [0.4, 0.5) is 0 Å². The standard InChI is InChI=1S/C15H23BrN2O/c1-4-9-17-15(19)12(3)18-11(2)10-13-5-7-14(16)8-6-13/h5-8,11-12,18H,4,9-10H2,1-3H3,(H,17,19). The van der Waals surface area contributed by atoms with E-state index in [-0.39, 0.29) is 18.0 Å². The van der Waals surface area contributed by atoms with Crippen molar-refractivity contribution in [2.45, 2.75) is 45.7 Å². The normalized spacial score (nSPS) is 13.9. The molecule has 1 aromatic carbocycles. The molecule has 1 amide bonds. The zero-order valence-corrected chi connectivity index (χ0v) is 13.5. The maximum atomic E-state index is 11.8. The smallest absolute Gasteiger partial charge is 0.236 e. The van der Waals surface area contributed by atoms with Crippen molar-refractivity contribution in [1.82, 2.24) is 10.6 Å². The van der Waals surface area contributed by atoms with Gasteiger partial charge < -0.3 is 10.6 Å². The molecule has 0 saturated carbocycles. The van der Waals surface area contributed by atoms with Crippen molar-refractivity contribution in [3.05, 3.63) is 34.3 Å². The summed E-state index contributed by atoms with van der Waals surface area (Å²) < 4.78 is 1.09. The molecule has 2 atom stereocenters. The van der Waals surface area contributed by atoms with Crippen LogP contribution in [0.15, 0.2) is 28.7 Å². The van der Waals surface area contributed by atoms with E-state index in [9.17, 15) is 4.79 Å². The first-order valence-corrected chi connectivity index (χ1v) is 7.60. The molecule has 2 unspecified atom stereocenters. The zero-order valence-electron chi connectivity index (χ0n) is 11.9. The fourth-order valence-electron chi connectivity index (χ4n) is 1.94. The van der Waals surface area contributed by atoms with Gasteiger partial charge in [-0.3, -0.25) is 4.79 Å². The lowest BCUT2D eigenvalue weighted by molar-refractivity contribution is -0.122. The van der Waals surface area contributed by atoms with Crippen LogP contribution in [0, 0.1) is 0 Å². The van der Waals surface area contributed by atoms with Crippen LogP contribution >= 0.6 is 15.9 Å². The van der Waals surface area contributed by atoms with Gasteiger partial charge in [0.15, 0.2) is 0 Å². The van der Waals surface area contributed by atoms with Gasteiger partial charge in [0, 0.05) is 17.1 Å². The number of halogens is 1. The molecule has 1 rings (SSSR count). The fourth-order valence-corrected chi connectivity index (χ4v) is 2.20. The molecule has 0 aromatic heterocycles. The van der Waals surface area contributed by atoms with Crippen LogP contribution in [0.3, 0.4) is 0 Å². The average molecular weight is 327 g/mol. The largest absolute Gasteiger partial charge is 0.355 e. The summed E-state index contributed by atoms with van der Waals surface area (Å²) in [5.41, 5.74) is 1.27. The van der Waals surface area contributed by atoms with Crippen LogP contribution in [0.2, 0.25) is 0 Å². The van der Waals surface area contributed by atoms with Crippen molar-refractivity contribution in [1.29, 1.82) is 0 Å². The van der Waals surface area contributed by atoms with E-state index in [1.807, 2.05) is 19.1 Å². The van der Waals surface area contributed by atoms with Crippen molar-refractivity contribution in [2.75, 3.05) is 6.54 Å². The number of carbonyl (C=O) groups is 1. The lowest BCUT2D eigenvalue weighted by Gasteiger charge is -2.19. The topological polar surface area (TPSA) is 41.1 Å². The van der Waals surface area contributed by atoms with Gasteiger partial charge in [-0.2, -0.15) is 0 Å². The molecule has 1 aromatic rings. The van der Waals surface area contributed by atoms with Gasteiger partial charge in [0.25, 0.3) is 0 Å². The Hall–Kier alpha value is -0.870. The molecule has 19 heavy (non-hydrogen) atoms. The summed E-state index contributed by atoms with van der Waals surface area (Å²) in [5, 5.41) is 6.23. The minimum absolute atomic E-state index is 0.0736. The van der Waals surface area contributed by atoms with Gasteiger partial charge in [-0.05, 0) is 44.4 Å². The highest BCUT2D eigenvalue weighted by Crippen LogP contribution is 2.12. The van der Waals surface area contributed by atoms with Crippen LogP contribution in [0.1, 0.15) is 32.8 Å². The van der Waals surface area contributed by atoms with Crippen LogP contribution in [0.25, 0.3) is 0 Å². The number of carbonyl (C=O) groups excluding carboxylic acids is 1. The Morgan fingerprint density at radius 1 is 1.26 bits per heavy atom. The van der Waals surface area contributed by atoms with Crippen molar-refractivity contribution in [3.63, 3.8) is 0 Å². The maximum absolute atomic E-state index is 11.8. The second-order valence-corrected chi connectivity index (χ2v) is 5.83. The molecule has 3 nitrogen and oxygen atoms in total. The quantitative estimate of drug-likeness (QED) is 0.808. The summed E-state index contributed by atoms with van der Waals surface area (Å²) in [6.07, 6.45) is 1.88. The Balaban J connectivity index is 2.39. The van der Waals surface area contributed by atoms with Gasteiger partial charge in [0.05, 0.1) is 6.04 Å². The second kappa shape index (κ2) is 8.33. The Labute approximate surface area is 124 Å². The number of amides is 1. The first-order chi connectivity index (χ1) is 9.02. The molecule has 0 aliphatic carbocycles. The molecule has 0 bridgehead atoms. The molecule has 0 heterocycles. The predicted octanol–water partition coefficient (Wildman–Crippen LogP) is 2.88. The van der Waals surface area contributed by atoms with E-state index in [2.05, 4.69) is 52.5 Å². The average Bonchev–Trinajstić information content (AvgIpc) is 2.38. The van der Waals surface area contributed by atoms with Crippen LogP contribution < -0.4 is 10.6 Å². The second-order valence-electron chi connectivity index (χ2n) is 4.91. The Bertz CT molecular complexity index is 392. The lowest BCUT2D eigenvalue weighted by Crippen LogP contribution is -2.46. The Morgan fingerprint density at radius 2 is 1.89 bits per heavy atom. The number of benzene rings is 1. The first-order valence-electron chi connectivity index (χ1n) is 6.81. The third-order valence-electron chi connectivity index (χ3n) is 2.93. The molecule has 0 fully saturated rings. The van der Waals surface area contributed by atoms with Crippen molar-refractivity contribution in [3.8, 4) is 0 Å². The van der Waals surface area contributed by atoms with Gasteiger partial charge >= 0.3 is 0 Å². The van der Waals surface area contributed by atoms with E-state index < -0.39 is 0 Å². The van der Waals surface area contributed by atoms with Crippen molar-refractivity contribution >= 4 is 21.8 Å². The summed E-state index contributed by atoms with van der Waals surface area (Å²) in [6.45, 7) is 6.80. The van der Waals surface area contributed by atoms with E-state index in [1.165, 1.54) is 5.56 Å². The van der Waals surface area contributed by atoms with E-state index >= 15 is 0 Å². The third-order valence-corrected chi connectivity index (χ3v) is 3.46. The van der Waals surface area contributed by atoms with Gasteiger partial charge in [-0.15, -0.1) is 0 Å². The summed E-state index contributed by atoms with van der Waals surface area (Å²) >= 11 is 3.43. The fraction of sp³-hybridized carbons (Fsp3) is 0.533. The summed E-state index contributed by atoms with van der Waals surface area (Å²) in [6, 6.07) is 8.40. The van der Waals surface area contributed by atoms with E-state index in [0.717, 1.165) is 23.9 Å². The minimum Gasteiger partial charge on any atom is -0.355 e. The van der Waals surface area contributed by atoms with Gasteiger partial charge in [0.1, 0.15) is 0 Å². The predicted molar refractivity (Wildman–Crippen MR) is 83.2 cm³/mol. The maximum Gasteiger partial charge on any atom is 0.236 e. The molecule has 106 valence electrons. The number of rotatable bonds is 7. The number of hydrogen-bond acceptors (Lipinski definition) is 2. The van der Waals surface area contributed by atoms with E-state index in [1.54, 1.807) is 0 Å². The molecule has 0 spiro atoms. The first kappa shape index (κ1) is 16.2. The monoisotopic (exact) mass is 326 g/mol. The molecule has 0 radical (unpaired) electrons. The Morgan fingerprint density at radius 3 is 2.47 bits per heavy atom.